The zero-order chi connectivity index (χ0) is 17.4. The van der Waals surface area contributed by atoms with Gasteiger partial charge >= 0.3 is 0 Å². The second-order valence-electron chi connectivity index (χ2n) is 6.43. The first-order valence-corrected chi connectivity index (χ1v) is 11.3. The van der Waals surface area contributed by atoms with E-state index in [1.165, 1.54) is 4.31 Å². The van der Waals surface area contributed by atoms with Crippen LogP contribution in [0.4, 0.5) is 0 Å². The summed E-state index contributed by atoms with van der Waals surface area (Å²) >= 11 is 0. The van der Waals surface area contributed by atoms with Crippen LogP contribution in [0.15, 0.2) is 24.4 Å². The van der Waals surface area contributed by atoms with E-state index in [1.54, 1.807) is 31.3 Å². The fourth-order valence-electron chi connectivity index (χ4n) is 3.46. The summed E-state index contributed by atoms with van der Waals surface area (Å²) in [4.78, 5) is 4.07. The number of rotatable bonds is 6. The molecule has 2 fully saturated rings. The molecule has 3 heterocycles. The second-order valence-corrected chi connectivity index (χ2v) is 11.0. The summed E-state index contributed by atoms with van der Waals surface area (Å²) in [6, 6.07) is 5.29. The van der Waals surface area contributed by atoms with Crippen molar-refractivity contribution in [1.82, 2.24) is 9.29 Å². The molecule has 0 saturated carbocycles. The average Bonchev–Trinajstić information content (AvgIpc) is 2.75. The molecular formula is C15H22N2O5S2. The number of hydrogen-bond donors (Lipinski definition) is 0. The lowest BCUT2D eigenvalue weighted by Gasteiger charge is -2.48. The van der Waals surface area contributed by atoms with Crippen LogP contribution in [0.5, 0.6) is 5.88 Å². The Balaban J connectivity index is 1.73. The highest BCUT2D eigenvalue weighted by Crippen LogP contribution is 2.45. The maximum atomic E-state index is 12.5. The molecule has 0 radical (unpaired) electrons. The molecule has 1 atom stereocenters. The lowest BCUT2D eigenvalue weighted by atomic mass is 9.85. The summed E-state index contributed by atoms with van der Waals surface area (Å²) < 4.78 is 55.3. The zero-order valence-electron chi connectivity index (χ0n) is 13.6. The van der Waals surface area contributed by atoms with Crippen LogP contribution in [0.25, 0.3) is 0 Å². The molecule has 2 saturated heterocycles. The first kappa shape index (κ1) is 17.6. The molecule has 1 spiro atoms. The molecular weight excluding hydrogens is 352 g/mol. The van der Waals surface area contributed by atoms with Gasteiger partial charge in [0.1, 0.15) is 4.75 Å². The van der Waals surface area contributed by atoms with Gasteiger partial charge in [0.25, 0.3) is 0 Å². The number of sulfone groups is 1. The van der Waals surface area contributed by atoms with Crippen molar-refractivity contribution >= 4 is 19.9 Å². The van der Waals surface area contributed by atoms with Crippen LogP contribution in [0.3, 0.4) is 0 Å². The standard InChI is InChI=1S/C15H22N2O5S2/c1-2-8-24(20,21)17-11-15(12-17)13(6-9-23(15,18)19)10-22-14-5-3-4-7-16-14/h3-5,7,13H,2,6,8-12H2,1H3/t13-/m1/s1. The molecule has 0 N–H and O–H groups in total. The Morgan fingerprint density at radius 1 is 1.38 bits per heavy atom. The number of nitrogens with zero attached hydrogens (tertiary/aromatic N) is 2. The number of aromatic nitrogens is 1. The fourth-order valence-corrected chi connectivity index (χ4v) is 7.65. The normalized spacial score (nSPS) is 25.5. The van der Waals surface area contributed by atoms with E-state index >= 15 is 0 Å². The number of ether oxygens (including phenoxy) is 1. The van der Waals surface area contributed by atoms with E-state index in [9.17, 15) is 16.8 Å². The smallest absolute Gasteiger partial charge is 0.214 e. The second kappa shape index (κ2) is 6.27. The van der Waals surface area contributed by atoms with E-state index in [1.807, 2.05) is 0 Å². The summed E-state index contributed by atoms with van der Waals surface area (Å²) in [6.45, 7) is 2.13. The van der Waals surface area contributed by atoms with Crippen LogP contribution in [0.1, 0.15) is 19.8 Å². The lowest BCUT2D eigenvalue weighted by Crippen LogP contribution is -2.69. The predicted molar refractivity (Wildman–Crippen MR) is 90.0 cm³/mol. The fraction of sp³-hybridized carbons (Fsp3) is 0.667. The maximum absolute atomic E-state index is 12.5. The largest absolute Gasteiger partial charge is 0.477 e. The highest BCUT2D eigenvalue weighted by atomic mass is 32.2. The summed E-state index contributed by atoms with van der Waals surface area (Å²) in [7, 11) is -6.68. The Hall–Kier alpha value is -1.19. The average molecular weight is 374 g/mol. The van der Waals surface area contributed by atoms with E-state index in [4.69, 9.17) is 4.74 Å². The molecule has 7 nitrogen and oxygen atoms in total. The monoisotopic (exact) mass is 374 g/mol. The quantitative estimate of drug-likeness (QED) is 0.727. The first-order valence-electron chi connectivity index (χ1n) is 8.05. The molecule has 1 aromatic heterocycles. The highest BCUT2D eigenvalue weighted by Gasteiger charge is 2.63. The number of pyridine rings is 1. The van der Waals surface area contributed by atoms with Crippen molar-refractivity contribution in [1.29, 1.82) is 0 Å². The van der Waals surface area contributed by atoms with Crippen molar-refractivity contribution in [2.75, 3.05) is 31.2 Å². The van der Waals surface area contributed by atoms with Crippen molar-refractivity contribution in [3.05, 3.63) is 24.4 Å². The van der Waals surface area contributed by atoms with Crippen LogP contribution in [-0.4, -0.2) is 62.1 Å². The van der Waals surface area contributed by atoms with Crippen molar-refractivity contribution in [3.8, 4) is 5.88 Å². The summed E-state index contributed by atoms with van der Waals surface area (Å²) in [5.74, 6) is 0.382. The Bertz CT molecular complexity index is 786. The van der Waals surface area contributed by atoms with Gasteiger partial charge in [0, 0.05) is 31.3 Å². The highest BCUT2D eigenvalue weighted by molar-refractivity contribution is 7.93. The van der Waals surface area contributed by atoms with Gasteiger partial charge in [0.2, 0.25) is 15.9 Å². The van der Waals surface area contributed by atoms with Crippen LogP contribution in [-0.2, 0) is 19.9 Å². The third-order valence-electron chi connectivity index (χ3n) is 4.91. The molecule has 1 aromatic rings. The Kier molecular flexibility index (Phi) is 4.61. The van der Waals surface area contributed by atoms with E-state index in [-0.39, 0.29) is 37.1 Å². The topological polar surface area (TPSA) is 93.6 Å². The van der Waals surface area contributed by atoms with E-state index in [0.29, 0.717) is 18.7 Å². The molecule has 2 aliphatic rings. The van der Waals surface area contributed by atoms with Crippen LogP contribution >= 0.6 is 0 Å². The zero-order valence-corrected chi connectivity index (χ0v) is 15.2. The van der Waals surface area contributed by atoms with Gasteiger partial charge in [-0.05, 0) is 18.9 Å². The van der Waals surface area contributed by atoms with Crippen molar-refractivity contribution in [3.63, 3.8) is 0 Å². The number of hydrogen-bond acceptors (Lipinski definition) is 6. The maximum Gasteiger partial charge on any atom is 0.214 e. The minimum absolute atomic E-state index is 0.0495. The van der Waals surface area contributed by atoms with Crippen molar-refractivity contribution in [2.45, 2.75) is 24.5 Å². The van der Waals surface area contributed by atoms with Gasteiger partial charge in [0.15, 0.2) is 9.84 Å². The molecule has 9 heteroatoms. The van der Waals surface area contributed by atoms with Crippen LogP contribution < -0.4 is 4.74 Å². The summed E-state index contributed by atoms with van der Waals surface area (Å²) in [6.07, 6.45) is 2.63. The molecule has 0 aromatic carbocycles. The van der Waals surface area contributed by atoms with E-state index < -0.39 is 24.6 Å². The lowest BCUT2D eigenvalue weighted by molar-refractivity contribution is 0.123. The molecule has 2 aliphatic heterocycles. The Morgan fingerprint density at radius 2 is 2.12 bits per heavy atom. The van der Waals surface area contributed by atoms with Gasteiger partial charge in [-0.3, -0.25) is 0 Å². The van der Waals surface area contributed by atoms with Gasteiger partial charge in [-0.25, -0.2) is 21.8 Å². The Morgan fingerprint density at radius 3 is 2.75 bits per heavy atom. The summed E-state index contributed by atoms with van der Waals surface area (Å²) in [5.41, 5.74) is 0. The van der Waals surface area contributed by atoms with Crippen LogP contribution in [0, 0.1) is 5.92 Å². The molecule has 0 unspecified atom stereocenters. The molecule has 0 bridgehead atoms. The predicted octanol–water partition coefficient (Wildman–Crippen LogP) is 0.689. The van der Waals surface area contributed by atoms with Gasteiger partial charge < -0.3 is 4.74 Å². The van der Waals surface area contributed by atoms with E-state index in [2.05, 4.69) is 4.98 Å². The molecule has 134 valence electrons. The third-order valence-corrected chi connectivity index (χ3v) is 9.48. The summed E-state index contributed by atoms with van der Waals surface area (Å²) in [5, 5.41) is 0. The van der Waals surface area contributed by atoms with Crippen molar-refractivity contribution < 1.29 is 21.6 Å². The molecule has 0 amide bonds. The van der Waals surface area contributed by atoms with Gasteiger partial charge in [0.05, 0.1) is 18.1 Å². The number of sulfonamides is 1. The van der Waals surface area contributed by atoms with Crippen LogP contribution in [0.2, 0.25) is 0 Å². The minimum atomic E-state index is -3.36. The SMILES string of the molecule is CCCS(=O)(=O)N1CC2(C1)[C@@H](COc1ccccn1)CCS2(=O)=O. The van der Waals surface area contributed by atoms with Gasteiger partial charge in [-0.2, -0.15) is 4.31 Å². The Labute approximate surface area is 143 Å². The molecule has 0 aliphatic carbocycles. The van der Waals surface area contributed by atoms with E-state index in [0.717, 1.165) is 0 Å². The molecule has 24 heavy (non-hydrogen) atoms. The van der Waals surface area contributed by atoms with Gasteiger partial charge in [-0.15, -0.1) is 0 Å². The molecule has 3 rings (SSSR count). The van der Waals surface area contributed by atoms with Gasteiger partial charge in [-0.1, -0.05) is 13.0 Å². The van der Waals surface area contributed by atoms with Crippen molar-refractivity contribution in [2.24, 2.45) is 5.92 Å². The first-order chi connectivity index (χ1) is 11.3. The third kappa shape index (κ3) is 2.93. The minimum Gasteiger partial charge on any atom is -0.477 e.